The van der Waals surface area contributed by atoms with Crippen molar-refractivity contribution in [3.63, 3.8) is 0 Å². The zero-order valence-corrected chi connectivity index (χ0v) is 10.7. The molecule has 0 spiro atoms. The molecule has 7 heteroatoms. The summed E-state index contributed by atoms with van der Waals surface area (Å²) in [7, 11) is 0. The van der Waals surface area contributed by atoms with Crippen LogP contribution in [0.5, 0.6) is 0 Å². The molecule has 17 heavy (non-hydrogen) atoms. The van der Waals surface area contributed by atoms with E-state index in [0.717, 1.165) is 12.2 Å². The van der Waals surface area contributed by atoms with Gasteiger partial charge in [0.2, 0.25) is 0 Å². The smallest absolute Gasteiger partial charge is 0.325 e. The highest BCUT2D eigenvalue weighted by molar-refractivity contribution is 8.00. The predicted molar refractivity (Wildman–Crippen MR) is 68.2 cm³/mol. The summed E-state index contributed by atoms with van der Waals surface area (Å²) < 4.78 is 0. The van der Waals surface area contributed by atoms with E-state index in [0.29, 0.717) is 25.9 Å². The van der Waals surface area contributed by atoms with E-state index < -0.39 is 11.5 Å². The summed E-state index contributed by atoms with van der Waals surface area (Å²) in [4.78, 5) is 14.1. The van der Waals surface area contributed by atoms with E-state index in [9.17, 15) is 9.90 Å². The second kappa shape index (κ2) is 6.74. The third-order valence-corrected chi connectivity index (χ3v) is 4.52. The SMILES string of the molecule is CC1SCCCC1(NCCCN=[N+]=[N-])C(=O)O. The Hall–Kier alpha value is -0.910. The van der Waals surface area contributed by atoms with Crippen molar-refractivity contribution >= 4 is 17.7 Å². The normalized spacial score (nSPS) is 28.4. The number of hydrogen-bond acceptors (Lipinski definition) is 4. The summed E-state index contributed by atoms with van der Waals surface area (Å²) in [5.41, 5.74) is 7.32. The quantitative estimate of drug-likeness (QED) is 0.329. The molecule has 0 aromatic carbocycles. The maximum Gasteiger partial charge on any atom is 0.325 e. The molecule has 1 fully saturated rings. The highest BCUT2D eigenvalue weighted by atomic mass is 32.2. The van der Waals surface area contributed by atoms with Gasteiger partial charge in [0.15, 0.2) is 0 Å². The van der Waals surface area contributed by atoms with Gasteiger partial charge in [0, 0.05) is 16.7 Å². The van der Waals surface area contributed by atoms with Gasteiger partial charge in [-0.15, -0.1) is 0 Å². The van der Waals surface area contributed by atoms with Crippen molar-refractivity contribution in [3.05, 3.63) is 10.4 Å². The summed E-state index contributed by atoms with van der Waals surface area (Å²) in [6.07, 6.45) is 2.25. The molecular formula is C10H18N4O2S. The average Bonchev–Trinajstić information content (AvgIpc) is 2.31. The zero-order valence-electron chi connectivity index (χ0n) is 9.93. The van der Waals surface area contributed by atoms with E-state index >= 15 is 0 Å². The maximum absolute atomic E-state index is 11.4. The molecule has 0 saturated carbocycles. The van der Waals surface area contributed by atoms with Crippen LogP contribution in [0.1, 0.15) is 26.2 Å². The number of nitrogens with one attached hydrogen (secondary N) is 1. The predicted octanol–water partition coefficient (Wildman–Crippen LogP) is 2.02. The number of nitrogens with zero attached hydrogens (tertiary/aromatic N) is 3. The molecule has 6 nitrogen and oxygen atoms in total. The Labute approximate surface area is 105 Å². The summed E-state index contributed by atoms with van der Waals surface area (Å²) in [6, 6.07) is 0. The molecule has 0 bridgehead atoms. The highest BCUT2D eigenvalue weighted by Gasteiger charge is 2.45. The van der Waals surface area contributed by atoms with E-state index in [4.69, 9.17) is 5.53 Å². The molecule has 1 aliphatic rings. The van der Waals surface area contributed by atoms with Crippen molar-refractivity contribution < 1.29 is 9.90 Å². The first-order valence-corrected chi connectivity index (χ1v) is 6.79. The molecule has 0 aromatic heterocycles. The topological polar surface area (TPSA) is 98.1 Å². The summed E-state index contributed by atoms with van der Waals surface area (Å²) in [5.74, 6) is 0.248. The first-order chi connectivity index (χ1) is 8.13. The maximum atomic E-state index is 11.4. The molecule has 1 rings (SSSR count). The van der Waals surface area contributed by atoms with Crippen LogP contribution in [-0.4, -0.2) is 40.7 Å². The van der Waals surface area contributed by atoms with Gasteiger partial charge in [0.1, 0.15) is 5.54 Å². The highest BCUT2D eigenvalue weighted by Crippen LogP contribution is 2.34. The minimum Gasteiger partial charge on any atom is -0.480 e. The van der Waals surface area contributed by atoms with Crippen molar-refractivity contribution in [2.24, 2.45) is 5.11 Å². The summed E-state index contributed by atoms with van der Waals surface area (Å²) in [6.45, 7) is 2.93. The van der Waals surface area contributed by atoms with Crippen molar-refractivity contribution in [1.29, 1.82) is 0 Å². The standard InChI is InChI=1S/C10H18N4O2S/c1-8-10(9(15)16,4-2-7-17-8)12-5-3-6-13-14-11/h8,12H,2-7H2,1H3,(H,15,16). The van der Waals surface area contributed by atoms with Gasteiger partial charge in [-0.2, -0.15) is 11.8 Å². The Morgan fingerprint density at radius 2 is 2.53 bits per heavy atom. The van der Waals surface area contributed by atoms with Crippen molar-refractivity contribution in [2.45, 2.75) is 37.0 Å². The monoisotopic (exact) mass is 258 g/mol. The molecule has 2 N–H and O–H groups in total. The number of carboxylic acids is 1. The van der Waals surface area contributed by atoms with Gasteiger partial charge in [-0.1, -0.05) is 12.0 Å². The van der Waals surface area contributed by atoms with Gasteiger partial charge in [-0.3, -0.25) is 4.79 Å². The molecule has 0 aromatic rings. The number of aliphatic carboxylic acids is 1. The molecule has 1 aliphatic heterocycles. The second-order valence-electron chi connectivity index (χ2n) is 4.13. The molecule has 0 radical (unpaired) electrons. The fourth-order valence-corrected chi connectivity index (χ4v) is 3.30. The molecule has 0 aliphatic carbocycles. The van der Waals surface area contributed by atoms with E-state index in [1.165, 1.54) is 0 Å². The first kappa shape index (κ1) is 14.2. The Morgan fingerprint density at radius 1 is 1.76 bits per heavy atom. The minimum atomic E-state index is -0.820. The number of carboxylic acid groups (broad SMARTS) is 1. The fraction of sp³-hybridized carbons (Fsp3) is 0.900. The molecule has 2 unspecified atom stereocenters. The van der Waals surface area contributed by atoms with Crippen LogP contribution in [0.4, 0.5) is 0 Å². The van der Waals surface area contributed by atoms with Gasteiger partial charge in [-0.05, 0) is 37.1 Å². The molecule has 1 heterocycles. The molecule has 96 valence electrons. The van der Waals surface area contributed by atoms with E-state index in [1.807, 2.05) is 6.92 Å². The first-order valence-electron chi connectivity index (χ1n) is 5.74. The third kappa shape index (κ3) is 3.52. The van der Waals surface area contributed by atoms with E-state index in [2.05, 4.69) is 15.3 Å². The van der Waals surface area contributed by atoms with Crippen LogP contribution < -0.4 is 5.32 Å². The van der Waals surface area contributed by atoms with Crippen LogP contribution in [-0.2, 0) is 4.79 Å². The van der Waals surface area contributed by atoms with Gasteiger partial charge in [-0.25, -0.2) is 0 Å². The summed E-state index contributed by atoms with van der Waals surface area (Å²) in [5, 5.41) is 16.0. The van der Waals surface area contributed by atoms with E-state index in [-0.39, 0.29) is 5.25 Å². The molecule has 0 amide bonds. The van der Waals surface area contributed by atoms with Crippen molar-refractivity contribution in [3.8, 4) is 0 Å². The van der Waals surface area contributed by atoms with Gasteiger partial charge < -0.3 is 10.4 Å². The van der Waals surface area contributed by atoms with Crippen LogP contribution in [0.15, 0.2) is 5.11 Å². The number of thioether (sulfide) groups is 1. The number of carbonyl (C=O) groups is 1. The van der Waals surface area contributed by atoms with Crippen LogP contribution in [0.2, 0.25) is 0 Å². The number of azide groups is 1. The van der Waals surface area contributed by atoms with E-state index in [1.54, 1.807) is 11.8 Å². The zero-order chi connectivity index (χ0) is 12.7. The van der Waals surface area contributed by atoms with Gasteiger partial charge in [0.05, 0.1) is 0 Å². The van der Waals surface area contributed by atoms with Crippen molar-refractivity contribution in [1.82, 2.24) is 5.32 Å². The third-order valence-electron chi connectivity index (χ3n) is 3.10. The number of rotatable bonds is 6. The lowest BCUT2D eigenvalue weighted by molar-refractivity contribution is -0.145. The molecule has 1 saturated heterocycles. The van der Waals surface area contributed by atoms with Crippen LogP contribution >= 0.6 is 11.8 Å². The lowest BCUT2D eigenvalue weighted by atomic mass is 9.89. The van der Waals surface area contributed by atoms with Crippen molar-refractivity contribution in [2.75, 3.05) is 18.8 Å². The van der Waals surface area contributed by atoms with Crippen LogP contribution in [0.25, 0.3) is 10.4 Å². The lowest BCUT2D eigenvalue weighted by Crippen LogP contribution is -2.60. The minimum absolute atomic E-state index is 0.0632. The molecule has 2 atom stereocenters. The average molecular weight is 258 g/mol. The largest absolute Gasteiger partial charge is 0.480 e. The summed E-state index contributed by atoms with van der Waals surface area (Å²) >= 11 is 1.70. The second-order valence-corrected chi connectivity index (χ2v) is 5.58. The van der Waals surface area contributed by atoms with Gasteiger partial charge >= 0.3 is 5.97 Å². The fourth-order valence-electron chi connectivity index (χ4n) is 2.05. The van der Waals surface area contributed by atoms with Crippen LogP contribution in [0.3, 0.4) is 0 Å². The lowest BCUT2D eigenvalue weighted by Gasteiger charge is -2.39. The Bertz CT molecular complexity index is 319. The van der Waals surface area contributed by atoms with Crippen LogP contribution in [0, 0.1) is 0 Å². The Morgan fingerprint density at radius 3 is 3.12 bits per heavy atom. The number of hydrogen-bond donors (Lipinski definition) is 2. The Kier molecular flexibility index (Phi) is 5.61. The molecular weight excluding hydrogens is 240 g/mol. The van der Waals surface area contributed by atoms with Gasteiger partial charge in [0.25, 0.3) is 0 Å². The Balaban J connectivity index is 2.53.